The van der Waals surface area contributed by atoms with Gasteiger partial charge < -0.3 is 4.74 Å². The van der Waals surface area contributed by atoms with Crippen molar-refractivity contribution in [3.8, 4) is 11.4 Å². The summed E-state index contributed by atoms with van der Waals surface area (Å²) in [5.41, 5.74) is 5.58. The van der Waals surface area contributed by atoms with Crippen LogP contribution in [0.2, 0.25) is 10.0 Å². The van der Waals surface area contributed by atoms with E-state index in [2.05, 4.69) is 26.4 Å². The third-order valence-corrected chi connectivity index (χ3v) is 3.84. The van der Waals surface area contributed by atoms with Crippen molar-refractivity contribution in [1.29, 1.82) is 0 Å². The summed E-state index contributed by atoms with van der Waals surface area (Å²) in [4.78, 5) is 23.9. The molecule has 138 valence electrons. The van der Waals surface area contributed by atoms with Crippen molar-refractivity contribution < 1.29 is 14.3 Å². The van der Waals surface area contributed by atoms with E-state index in [1.807, 2.05) is 0 Å². The van der Waals surface area contributed by atoms with Crippen LogP contribution >= 0.6 is 23.2 Å². The van der Waals surface area contributed by atoms with Crippen LogP contribution in [0.15, 0.2) is 48.8 Å². The Bertz CT molecular complexity index is 947. The third-order valence-electron chi connectivity index (χ3n) is 3.31. The topological polar surface area (TPSA) is 111 Å². The van der Waals surface area contributed by atoms with Crippen LogP contribution in [-0.2, 0) is 4.79 Å². The first kappa shape index (κ1) is 18.6. The van der Waals surface area contributed by atoms with Gasteiger partial charge in [-0.05, 0) is 52.9 Å². The number of carbonyl (C=O) groups is 2. The summed E-state index contributed by atoms with van der Waals surface area (Å²) in [7, 11) is 0. The number of aromatic nitrogens is 4. The molecular formula is C16H12Cl2N6O3. The van der Waals surface area contributed by atoms with Gasteiger partial charge in [0.25, 0.3) is 11.8 Å². The molecule has 0 saturated carbocycles. The first-order valence-electron chi connectivity index (χ1n) is 7.53. The highest BCUT2D eigenvalue weighted by molar-refractivity contribution is 6.35. The molecule has 0 atom stereocenters. The van der Waals surface area contributed by atoms with E-state index in [0.717, 1.165) is 0 Å². The van der Waals surface area contributed by atoms with Crippen LogP contribution in [0.1, 0.15) is 10.4 Å². The molecule has 0 unspecified atom stereocenters. The maximum atomic E-state index is 12.1. The number of carbonyl (C=O) groups excluding carboxylic acids is 2. The molecule has 2 amide bonds. The number of hydrazine groups is 1. The molecule has 3 aromatic rings. The molecule has 0 saturated heterocycles. The maximum absolute atomic E-state index is 12.1. The van der Waals surface area contributed by atoms with E-state index in [-0.39, 0.29) is 11.6 Å². The van der Waals surface area contributed by atoms with Gasteiger partial charge in [0.2, 0.25) is 0 Å². The number of tetrazole rings is 1. The van der Waals surface area contributed by atoms with E-state index >= 15 is 0 Å². The molecule has 2 aromatic carbocycles. The second-order valence-electron chi connectivity index (χ2n) is 5.17. The molecular weight excluding hydrogens is 395 g/mol. The first-order valence-corrected chi connectivity index (χ1v) is 8.29. The number of ether oxygens (including phenoxy) is 1. The maximum Gasteiger partial charge on any atom is 0.276 e. The van der Waals surface area contributed by atoms with E-state index < -0.39 is 11.8 Å². The number of nitrogens with one attached hydrogen (secondary N) is 2. The van der Waals surface area contributed by atoms with Gasteiger partial charge in [-0.3, -0.25) is 20.4 Å². The van der Waals surface area contributed by atoms with Gasteiger partial charge in [-0.1, -0.05) is 23.2 Å². The Labute approximate surface area is 163 Å². The molecule has 0 fully saturated rings. The van der Waals surface area contributed by atoms with E-state index in [0.29, 0.717) is 22.0 Å². The fourth-order valence-electron chi connectivity index (χ4n) is 2.02. The molecule has 27 heavy (non-hydrogen) atoms. The number of amides is 2. The zero-order chi connectivity index (χ0) is 19.2. The zero-order valence-corrected chi connectivity index (χ0v) is 15.1. The van der Waals surface area contributed by atoms with Gasteiger partial charge in [-0.15, -0.1) is 5.10 Å². The molecule has 11 heteroatoms. The van der Waals surface area contributed by atoms with Gasteiger partial charge in [0.1, 0.15) is 12.1 Å². The van der Waals surface area contributed by atoms with Gasteiger partial charge in [0.15, 0.2) is 6.61 Å². The Kier molecular flexibility index (Phi) is 5.84. The van der Waals surface area contributed by atoms with E-state index in [1.165, 1.54) is 17.1 Å². The number of hydrogen-bond acceptors (Lipinski definition) is 6. The molecule has 0 bridgehead atoms. The minimum atomic E-state index is -0.556. The van der Waals surface area contributed by atoms with Crippen LogP contribution in [0.4, 0.5) is 0 Å². The molecule has 0 aliphatic rings. The number of nitrogens with zero attached hydrogens (tertiary/aromatic N) is 4. The van der Waals surface area contributed by atoms with Crippen molar-refractivity contribution in [2.24, 2.45) is 0 Å². The summed E-state index contributed by atoms with van der Waals surface area (Å²) in [6.07, 6.45) is 1.43. The Hall–Kier alpha value is -3.17. The number of halogens is 2. The summed E-state index contributed by atoms with van der Waals surface area (Å²) in [6, 6.07) is 11.1. The summed E-state index contributed by atoms with van der Waals surface area (Å²) >= 11 is 11.7. The number of rotatable bonds is 5. The zero-order valence-electron chi connectivity index (χ0n) is 13.6. The van der Waals surface area contributed by atoms with Crippen LogP contribution in [0.25, 0.3) is 5.69 Å². The average molecular weight is 407 g/mol. The third kappa shape index (κ3) is 4.93. The standard InChI is InChI=1S/C16H12Cl2N6O3/c17-11-3-6-14(13(18)7-11)27-8-15(25)20-21-16(26)10-1-4-12(5-2-10)24-9-19-22-23-24/h1-7,9H,8H2,(H,20,25)(H,21,26). The molecule has 1 aromatic heterocycles. The highest BCUT2D eigenvalue weighted by Gasteiger charge is 2.10. The molecule has 9 nitrogen and oxygen atoms in total. The summed E-state index contributed by atoms with van der Waals surface area (Å²) in [5.74, 6) is -0.739. The Morgan fingerprint density at radius 3 is 2.52 bits per heavy atom. The smallest absolute Gasteiger partial charge is 0.276 e. The van der Waals surface area contributed by atoms with Gasteiger partial charge in [-0.2, -0.15) is 0 Å². The second kappa shape index (κ2) is 8.47. The normalized spacial score (nSPS) is 10.3. The van der Waals surface area contributed by atoms with Crippen molar-refractivity contribution in [1.82, 2.24) is 31.1 Å². The molecule has 3 rings (SSSR count). The fraction of sp³-hybridized carbons (Fsp3) is 0.0625. The Balaban J connectivity index is 1.49. The van der Waals surface area contributed by atoms with E-state index in [1.54, 1.807) is 36.4 Å². The van der Waals surface area contributed by atoms with Gasteiger partial charge in [0, 0.05) is 10.6 Å². The number of benzene rings is 2. The van der Waals surface area contributed by atoms with Gasteiger partial charge in [0.05, 0.1) is 10.7 Å². The lowest BCUT2D eigenvalue weighted by Crippen LogP contribution is -2.43. The SMILES string of the molecule is O=C(COc1ccc(Cl)cc1Cl)NNC(=O)c1ccc(-n2cnnn2)cc1. The minimum absolute atomic E-state index is 0.280. The van der Waals surface area contributed by atoms with Crippen molar-refractivity contribution in [3.05, 3.63) is 64.4 Å². The van der Waals surface area contributed by atoms with Crippen LogP contribution in [0.3, 0.4) is 0 Å². The summed E-state index contributed by atoms with van der Waals surface area (Å²) in [6.45, 7) is -0.333. The molecule has 0 aliphatic carbocycles. The van der Waals surface area contributed by atoms with Crippen molar-refractivity contribution in [2.45, 2.75) is 0 Å². The largest absolute Gasteiger partial charge is 0.482 e. The lowest BCUT2D eigenvalue weighted by Gasteiger charge is -2.10. The lowest BCUT2D eigenvalue weighted by atomic mass is 10.2. The molecule has 0 spiro atoms. The molecule has 2 N–H and O–H groups in total. The molecule has 1 heterocycles. The van der Waals surface area contributed by atoms with E-state index in [9.17, 15) is 9.59 Å². The van der Waals surface area contributed by atoms with Crippen LogP contribution in [0.5, 0.6) is 5.75 Å². The number of hydrogen-bond donors (Lipinski definition) is 2. The minimum Gasteiger partial charge on any atom is -0.482 e. The van der Waals surface area contributed by atoms with Crippen molar-refractivity contribution >= 4 is 35.0 Å². The fourth-order valence-corrected chi connectivity index (χ4v) is 2.48. The monoisotopic (exact) mass is 406 g/mol. The summed E-state index contributed by atoms with van der Waals surface area (Å²) < 4.78 is 6.72. The average Bonchev–Trinajstić information content (AvgIpc) is 3.20. The van der Waals surface area contributed by atoms with Crippen LogP contribution in [-0.4, -0.2) is 38.6 Å². The predicted octanol–water partition coefficient (Wildman–Crippen LogP) is 1.81. The summed E-state index contributed by atoms with van der Waals surface area (Å²) in [5, 5.41) is 11.5. The second-order valence-corrected chi connectivity index (χ2v) is 6.01. The molecule has 0 aliphatic heterocycles. The highest BCUT2D eigenvalue weighted by Crippen LogP contribution is 2.27. The van der Waals surface area contributed by atoms with Crippen molar-refractivity contribution in [3.63, 3.8) is 0 Å². The Morgan fingerprint density at radius 1 is 1.07 bits per heavy atom. The van der Waals surface area contributed by atoms with Crippen LogP contribution < -0.4 is 15.6 Å². The van der Waals surface area contributed by atoms with Crippen LogP contribution in [0, 0.1) is 0 Å². The quantitative estimate of drug-likeness (QED) is 0.625. The first-order chi connectivity index (χ1) is 13.0. The predicted molar refractivity (Wildman–Crippen MR) is 96.7 cm³/mol. The van der Waals surface area contributed by atoms with Gasteiger partial charge in [-0.25, -0.2) is 4.68 Å². The highest BCUT2D eigenvalue weighted by atomic mass is 35.5. The van der Waals surface area contributed by atoms with Gasteiger partial charge >= 0.3 is 0 Å². The molecule has 0 radical (unpaired) electrons. The van der Waals surface area contributed by atoms with Crippen molar-refractivity contribution in [2.75, 3.05) is 6.61 Å². The Morgan fingerprint density at radius 2 is 1.85 bits per heavy atom. The lowest BCUT2D eigenvalue weighted by molar-refractivity contribution is -0.123. The van der Waals surface area contributed by atoms with E-state index in [4.69, 9.17) is 27.9 Å².